The Morgan fingerprint density at radius 2 is 1.85 bits per heavy atom. The Hall–Kier alpha value is -2.41. The first-order valence-corrected chi connectivity index (χ1v) is 9.64. The van der Waals surface area contributed by atoms with Gasteiger partial charge < -0.3 is 0 Å². The number of hydrogen-bond donors (Lipinski definition) is 0. The minimum absolute atomic E-state index is 0.00870. The maximum atomic E-state index is 4.84. The summed E-state index contributed by atoms with van der Waals surface area (Å²) in [6, 6.07) is 6.08. The minimum Gasteiger partial charge on any atom is -0.297 e. The molecular formula is C20H27N7. The summed E-state index contributed by atoms with van der Waals surface area (Å²) in [5.41, 5.74) is 2.99. The van der Waals surface area contributed by atoms with Gasteiger partial charge in [-0.05, 0) is 51.1 Å². The van der Waals surface area contributed by atoms with Crippen molar-refractivity contribution in [1.29, 1.82) is 0 Å². The van der Waals surface area contributed by atoms with Crippen LogP contribution >= 0.6 is 0 Å². The molecule has 1 aliphatic rings. The highest BCUT2D eigenvalue weighted by Crippen LogP contribution is 2.28. The second kappa shape index (κ2) is 6.96. The Kier molecular flexibility index (Phi) is 4.63. The van der Waals surface area contributed by atoms with Crippen molar-refractivity contribution < 1.29 is 0 Å². The SMILES string of the molecule is Cc1nccc(CN2CCC(c3nnc4ccc(C(C)(C)C)nn34)CC2)n1. The van der Waals surface area contributed by atoms with E-state index in [1.54, 1.807) is 0 Å². The largest absolute Gasteiger partial charge is 0.297 e. The lowest BCUT2D eigenvalue weighted by Gasteiger charge is -2.30. The molecule has 0 N–H and O–H groups in total. The second-order valence-corrected chi connectivity index (χ2v) is 8.44. The summed E-state index contributed by atoms with van der Waals surface area (Å²) >= 11 is 0. The Labute approximate surface area is 159 Å². The maximum Gasteiger partial charge on any atom is 0.177 e. The maximum absolute atomic E-state index is 4.84. The van der Waals surface area contributed by atoms with Crippen LogP contribution in [-0.2, 0) is 12.0 Å². The molecule has 7 nitrogen and oxygen atoms in total. The van der Waals surface area contributed by atoms with Crippen LogP contribution in [0.2, 0.25) is 0 Å². The molecule has 1 fully saturated rings. The van der Waals surface area contributed by atoms with Crippen molar-refractivity contribution in [3.05, 3.63) is 47.4 Å². The van der Waals surface area contributed by atoms with E-state index in [1.807, 2.05) is 29.8 Å². The van der Waals surface area contributed by atoms with Crippen LogP contribution in [0.25, 0.3) is 5.65 Å². The van der Waals surface area contributed by atoms with Crippen molar-refractivity contribution >= 4 is 5.65 Å². The number of nitrogens with zero attached hydrogens (tertiary/aromatic N) is 7. The number of likely N-dealkylation sites (tertiary alicyclic amines) is 1. The van der Waals surface area contributed by atoms with Crippen LogP contribution in [0.1, 0.15) is 62.6 Å². The third-order valence-corrected chi connectivity index (χ3v) is 5.23. The van der Waals surface area contributed by atoms with Crippen molar-refractivity contribution in [2.75, 3.05) is 13.1 Å². The summed E-state index contributed by atoms with van der Waals surface area (Å²) in [5.74, 6) is 2.22. The first kappa shape index (κ1) is 18.0. The van der Waals surface area contributed by atoms with Gasteiger partial charge in [-0.25, -0.2) is 9.97 Å². The molecule has 27 heavy (non-hydrogen) atoms. The van der Waals surface area contributed by atoms with E-state index in [1.165, 1.54) is 0 Å². The smallest absolute Gasteiger partial charge is 0.177 e. The summed E-state index contributed by atoms with van der Waals surface area (Å²) in [4.78, 5) is 11.2. The summed E-state index contributed by atoms with van der Waals surface area (Å²) in [6.07, 6.45) is 3.96. The molecule has 1 aliphatic heterocycles. The van der Waals surface area contributed by atoms with E-state index >= 15 is 0 Å². The zero-order valence-electron chi connectivity index (χ0n) is 16.6. The molecule has 0 aromatic carbocycles. The monoisotopic (exact) mass is 365 g/mol. The molecule has 0 atom stereocenters. The number of hydrogen-bond acceptors (Lipinski definition) is 6. The molecule has 142 valence electrons. The number of rotatable bonds is 3. The Bertz CT molecular complexity index is 933. The van der Waals surface area contributed by atoms with E-state index in [2.05, 4.69) is 51.9 Å². The molecule has 7 heteroatoms. The van der Waals surface area contributed by atoms with Crippen LogP contribution in [0, 0.1) is 6.92 Å². The van der Waals surface area contributed by atoms with Crippen molar-refractivity contribution in [3.8, 4) is 0 Å². The third-order valence-electron chi connectivity index (χ3n) is 5.23. The van der Waals surface area contributed by atoms with E-state index in [0.717, 1.165) is 61.2 Å². The Morgan fingerprint density at radius 3 is 2.56 bits per heavy atom. The summed E-state index contributed by atoms with van der Waals surface area (Å²) < 4.78 is 1.95. The van der Waals surface area contributed by atoms with Gasteiger partial charge in [0.25, 0.3) is 0 Å². The molecule has 0 amide bonds. The van der Waals surface area contributed by atoms with Crippen LogP contribution in [0.3, 0.4) is 0 Å². The summed E-state index contributed by atoms with van der Waals surface area (Å²) in [5, 5.41) is 13.6. The van der Waals surface area contributed by atoms with E-state index in [9.17, 15) is 0 Å². The lowest BCUT2D eigenvalue weighted by atomic mass is 9.92. The average Bonchev–Trinajstić information content (AvgIpc) is 3.05. The molecule has 0 spiro atoms. The summed E-state index contributed by atoms with van der Waals surface area (Å²) in [7, 11) is 0. The van der Waals surface area contributed by atoms with Crippen LogP contribution < -0.4 is 0 Å². The lowest BCUT2D eigenvalue weighted by molar-refractivity contribution is 0.198. The predicted molar refractivity (Wildman–Crippen MR) is 104 cm³/mol. The summed E-state index contributed by atoms with van der Waals surface area (Å²) in [6.45, 7) is 11.4. The highest BCUT2D eigenvalue weighted by Gasteiger charge is 2.26. The fourth-order valence-electron chi connectivity index (χ4n) is 3.63. The van der Waals surface area contributed by atoms with Crippen LogP contribution in [-0.4, -0.2) is 47.8 Å². The number of piperidine rings is 1. The van der Waals surface area contributed by atoms with Crippen molar-refractivity contribution in [1.82, 2.24) is 34.7 Å². The van der Waals surface area contributed by atoms with Gasteiger partial charge in [-0.1, -0.05) is 20.8 Å². The van der Waals surface area contributed by atoms with Crippen LogP contribution in [0.4, 0.5) is 0 Å². The fraction of sp³-hybridized carbons (Fsp3) is 0.550. The van der Waals surface area contributed by atoms with Crippen molar-refractivity contribution in [2.45, 2.75) is 58.4 Å². The molecule has 0 bridgehead atoms. The van der Waals surface area contributed by atoms with Gasteiger partial charge in [0.15, 0.2) is 11.5 Å². The van der Waals surface area contributed by atoms with Crippen molar-refractivity contribution in [3.63, 3.8) is 0 Å². The normalized spacial score (nSPS) is 16.9. The zero-order valence-corrected chi connectivity index (χ0v) is 16.6. The van der Waals surface area contributed by atoms with Crippen LogP contribution in [0.15, 0.2) is 24.4 Å². The van der Waals surface area contributed by atoms with Crippen molar-refractivity contribution in [2.24, 2.45) is 0 Å². The molecule has 0 saturated carbocycles. The average molecular weight is 365 g/mol. The zero-order chi connectivity index (χ0) is 19.0. The highest BCUT2D eigenvalue weighted by atomic mass is 15.4. The third kappa shape index (κ3) is 3.83. The molecule has 1 saturated heterocycles. The van der Waals surface area contributed by atoms with Gasteiger partial charge in [0.1, 0.15) is 5.82 Å². The standard InChI is InChI=1S/C20H27N7/c1-14-21-10-7-16(22-14)13-26-11-8-15(9-12-26)19-24-23-18-6-5-17(20(2,3)4)25-27(18)19/h5-7,10,15H,8-9,11-13H2,1-4H3. The predicted octanol–water partition coefficient (Wildman–Crippen LogP) is 2.90. The molecule has 0 aliphatic carbocycles. The van der Waals surface area contributed by atoms with Gasteiger partial charge in [-0.2, -0.15) is 9.61 Å². The van der Waals surface area contributed by atoms with E-state index in [4.69, 9.17) is 5.10 Å². The molecule has 0 unspecified atom stereocenters. The molecular weight excluding hydrogens is 338 g/mol. The molecule has 4 rings (SSSR count). The van der Waals surface area contributed by atoms with E-state index in [0.29, 0.717) is 5.92 Å². The van der Waals surface area contributed by atoms with Crippen LogP contribution in [0.5, 0.6) is 0 Å². The second-order valence-electron chi connectivity index (χ2n) is 8.44. The molecule has 4 heterocycles. The van der Waals surface area contributed by atoms with Gasteiger partial charge >= 0.3 is 0 Å². The van der Waals surface area contributed by atoms with Gasteiger partial charge in [0.2, 0.25) is 0 Å². The number of fused-ring (bicyclic) bond motifs is 1. The number of aryl methyl sites for hydroxylation is 1. The topological polar surface area (TPSA) is 72.1 Å². The van der Waals surface area contributed by atoms with Gasteiger partial charge in [0.05, 0.1) is 11.4 Å². The van der Waals surface area contributed by atoms with Gasteiger partial charge in [0, 0.05) is 24.1 Å². The van der Waals surface area contributed by atoms with Gasteiger partial charge in [-0.3, -0.25) is 4.90 Å². The van der Waals surface area contributed by atoms with Gasteiger partial charge in [-0.15, -0.1) is 10.2 Å². The lowest BCUT2D eigenvalue weighted by Crippen LogP contribution is -2.33. The minimum atomic E-state index is 0.00870. The fourth-order valence-corrected chi connectivity index (χ4v) is 3.63. The number of aromatic nitrogens is 6. The van der Waals surface area contributed by atoms with E-state index < -0.39 is 0 Å². The van der Waals surface area contributed by atoms with E-state index in [-0.39, 0.29) is 5.41 Å². The first-order valence-electron chi connectivity index (χ1n) is 9.64. The molecule has 0 radical (unpaired) electrons. The quantitative estimate of drug-likeness (QED) is 0.711. The molecule has 3 aromatic heterocycles. The Balaban J connectivity index is 1.48. The molecule has 3 aromatic rings. The Morgan fingerprint density at radius 1 is 1.07 bits per heavy atom. The highest BCUT2D eigenvalue weighted by molar-refractivity contribution is 5.37. The first-order chi connectivity index (χ1) is 12.9.